The highest BCUT2D eigenvalue weighted by atomic mass is 79.9. The van der Waals surface area contributed by atoms with Crippen LogP contribution in [0, 0.1) is 6.92 Å². The highest BCUT2D eigenvalue weighted by Gasteiger charge is 2.22. The fraction of sp³-hybridized carbons (Fsp3) is 0.286. The molecule has 19 heavy (non-hydrogen) atoms. The Kier molecular flexibility index (Phi) is 3.87. The van der Waals surface area contributed by atoms with Crippen LogP contribution in [-0.4, -0.2) is 20.1 Å². The minimum Gasteiger partial charge on any atom is -0.380 e. The molecule has 0 radical (unpaired) electrons. The lowest BCUT2D eigenvalue weighted by molar-refractivity contribution is 0.106. The average Bonchev–Trinajstić information content (AvgIpc) is 2.84. The van der Waals surface area contributed by atoms with Crippen molar-refractivity contribution in [3.05, 3.63) is 58.3 Å². The summed E-state index contributed by atoms with van der Waals surface area (Å²) in [6, 6.07) is 6.08. The molecule has 1 heterocycles. The summed E-state index contributed by atoms with van der Waals surface area (Å²) >= 11 is 3.57. The second-order valence-electron chi connectivity index (χ2n) is 4.70. The van der Waals surface area contributed by atoms with E-state index in [1.54, 1.807) is 17.8 Å². The lowest BCUT2D eigenvalue weighted by Gasteiger charge is -2.13. The summed E-state index contributed by atoms with van der Waals surface area (Å²) in [7, 11) is 0. The number of halogens is 1. The summed E-state index contributed by atoms with van der Waals surface area (Å²) in [5, 5.41) is 18.0. The highest BCUT2D eigenvalue weighted by molar-refractivity contribution is 9.10. The van der Waals surface area contributed by atoms with Gasteiger partial charge in [0.15, 0.2) is 0 Å². The number of benzene rings is 1. The molecule has 0 saturated heterocycles. The van der Waals surface area contributed by atoms with E-state index in [0.29, 0.717) is 12.2 Å². The molecule has 2 rings (SSSR count). The van der Waals surface area contributed by atoms with E-state index in [1.165, 1.54) is 11.6 Å². The topological polar surface area (TPSA) is 50.9 Å². The molecule has 0 aliphatic heterocycles. The van der Waals surface area contributed by atoms with E-state index >= 15 is 0 Å². The summed E-state index contributed by atoms with van der Waals surface area (Å²) < 4.78 is 2.77. The van der Waals surface area contributed by atoms with Gasteiger partial charge in [-0.15, -0.1) is 5.10 Å². The fourth-order valence-electron chi connectivity index (χ4n) is 1.72. The van der Waals surface area contributed by atoms with Gasteiger partial charge in [-0.05, 0) is 25.0 Å². The van der Waals surface area contributed by atoms with E-state index in [-0.39, 0.29) is 0 Å². The monoisotopic (exact) mass is 321 g/mol. The van der Waals surface area contributed by atoms with Crippen molar-refractivity contribution in [1.82, 2.24) is 15.0 Å². The second-order valence-corrected chi connectivity index (χ2v) is 5.49. The number of hydrogen-bond donors (Lipinski definition) is 1. The van der Waals surface area contributed by atoms with E-state index in [9.17, 15) is 5.11 Å². The lowest BCUT2D eigenvalue weighted by Crippen LogP contribution is -2.17. The Morgan fingerprint density at radius 3 is 2.95 bits per heavy atom. The average molecular weight is 322 g/mol. The van der Waals surface area contributed by atoms with E-state index in [0.717, 1.165) is 10.0 Å². The Hall–Kier alpha value is -1.46. The first-order chi connectivity index (χ1) is 8.94. The number of aryl methyl sites for hydroxylation is 1. The quantitative estimate of drug-likeness (QED) is 0.881. The number of aromatic nitrogens is 3. The minimum absolute atomic E-state index is 0.492. The van der Waals surface area contributed by atoms with Crippen LogP contribution in [0.4, 0.5) is 0 Å². The molecule has 1 atom stereocenters. The fourth-order valence-corrected chi connectivity index (χ4v) is 2.11. The molecular formula is C14H16BrN3O. The molecule has 1 N–H and O–H groups in total. The van der Waals surface area contributed by atoms with E-state index < -0.39 is 5.60 Å². The second kappa shape index (κ2) is 5.27. The minimum atomic E-state index is -1.15. The summed E-state index contributed by atoms with van der Waals surface area (Å²) in [5.74, 6) is 0. The van der Waals surface area contributed by atoms with Crippen LogP contribution in [0.25, 0.3) is 0 Å². The SMILES string of the molecule is C=CC(C)(O)c1cn(Cc2cccc(C)c2Br)nn1. The third kappa shape index (κ3) is 2.93. The molecule has 5 heteroatoms. The van der Waals surface area contributed by atoms with Crippen molar-refractivity contribution in [3.8, 4) is 0 Å². The van der Waals surface area contributed by atoms with Crippen molar-refractivity contribution in [2.45, 2.75) is 26.0 Å². The van der Waals surface area contributed by atoms with Crippen LogP contribution >= 0.6 is 15.9 Å². The van der Waals surface area contributed by atoms with Crippen molar-refractivity contribution < 1.29 is 5.11 Å². The molecule has 2 aromatic rings. The van der Waals surface area contributed by atoms with Crippen LogP contribution in [0.2, 0.25) is 0 Å². The van der Waals surface area contributed by atoms with Crippen LogP contribution in [0.5, 0.6) is 0 Å². The highest BCUT2D eigenvalue weighted by Crippen LogP contribution is 2.23. The number of hydrogen-bond acceptors (Lipinski definition) is 3. The van der Waals surface area contributed by atoms with Gasteiger partial charge < -0.3 is 5.11 Å². The predicted octanol–water partition coefficient (Wildman–Crippen LogP) is 2.79. The van der Waals surface area contributed by atoms with Gasteiger partial charge in [0.1, 0.15) is 11.3 Å². The maximum atomic E-state index is 10.0. The molecule has 1 aromatic carbocycles. The zero-order valence-corrected chi connectivity index (χ0v) is 12.6. The van der Waals surface area contributed by atoms with Crippen LogP contribution in [-0.2, 0) is 12.1 Å². The number of nitrogens with zero attached hydrogens (tertiary/aromatic N) is 3. The van der Waals surface area contributed by atoms with Gasteiger partial charge in [0.2, 0.25) is 0 Å². The van der Waals surface area contributed by atoms with Gasteiger partial charge in [0, 0.05) is 4.47 Å². The molecule has 0 aliphatic rings. The normalized spacial score (nSPS) is 14.1. The van der Waals surface area contributed by atoms with Crippen LogP contribution in [0.3, 0.4) is 0 Å². The van der Waals surface area contributed by atoms with Gasteiger partial charge in [-0.1, -0.05) is 52.0 Å². The molecule has 100 valence electrons. The molecule has 1 unspecified atom stereocenters. The third-order valence-electron chi connectivity index (χ3n) is 3.06. The molecule has 0 amide bonds. The summed E-state index contributed by atoms with van der Waals surface area (Å²) in [6.07, 6.45) is 3.18. The summed E-state index contributed by atoms with van der Waals surface area (Å²) in [6.45, 7) is 7.87. The van der Waals surface area contributed by atoms with Crippen molar-refractivity contribution >= 4 is 15.9 Å². The van der Waals surface area contributed by atoms with Crippen molar-refractivity contribution in [3.63, 3.8) is 0 Å². The first-order valence-corrected chi connectivity index (χ1v) is 6.74. The van der Waals surface area contributed by atoms with Crippen LogP contribution < -0.4 is 0 Å². The Morgan fingerprint density at radius 1 is 1.53 bits per heavy atom. The number of rotatable bonds is 4. The molecule has 1 aromatic heterocycles. The van der Waals surface area contributed by atoms with Gasteiger partial charge in [0.25, 0.3) is 0 Å². The number of aliphatic hydroxyl groups is 1. The van der Waals surface area contributed by atoms with Gasteiger partial charge in [-0.25, -0.2) is 4.68 Å². The van der Waals surface area contributed by atoms with Gasteiger partial charge >= 0.3 is 0 Å². The molecule has 0 saturated carbocycles. The first kappa shape index (κ1) is 14.0. The maximum Gasteiger partial charge on any atom is 0.125 e. The standard InChI is InChI=1S/C14H16BrN3O/c1-4-14(3,19)12-9-18(17-16-12)8-11-7-5-6-10(2)13(11)15/h4-7,9,19H,1,8H2,2-3H3. The van der Waals surface area contributed by atoms with Gasteiger partial charge in [-0.3, -0.25) is 0 Å². The van der Waals surface area contributed by atoms with Crippen molar-refractivity contribution in [1.29, 1.82) is 0 Å². The Labute approximate surface area is 120 Å². The predicted molar refractivity (Wildman–Crippen MR) is 77.8 cm³/mol. The zero-order valence-electron chi connectivity index (χ0n) is 11.0. The van der Waals surface area contributed by atoms with Crippen LogP contribution in [0.1, 0.15) is 23.7 Å². The van der Waals surface area contributed by atoms with Gasteiger partial charge in [-0.2, -0.15) is 0 Å². The van der Waals surface area contributed by atoms with E-state index in [2.05, 4.69) is 32.8 Å². The Morgan fingerprint density at radius 2 is 2.26 bits per heavy atom. The Balaban J connectivity index is 2.25. The van der Waals surface area contributed by atoms with E-state index in [1.807, 2.05) is 25.1 Å². The zero-order chi connectivity index (χ0) is 14.0. The maximum absolute atomic E-state index is 10.0. The Bertz CT molecular complexity index is 604. The smallest absolute Gasteiger partial charge is 0.125 e. The molecule has 0 spiro atoms. The summed E-state index contributed by atoms with van der Waals surface area (Å²) in [4.78, 5) is 0. The molecule has 0 fully saturated rings. The molecule has 4 nitrogen and oxygen atoms in total. The lowest BCUT2D eigenvalue weighted by atomic mass is 10.0. The summed E-state index contributed by atoms with van der Waals surface area (Å²) in [5.41, 5.74) is 1.64. The third-order valence-corrected chi connectivity index (χ3v) is 4.19. The van der Waals surface area contributed by atoms with E-state index in [4.69, 9.17) is 0 Å². The molecular weight excluding hydrogens is 306 g/mol. The van der Waals surface area contributed by atoms with Crippen molar-refractivity contribution in [2.24, 2.45) is 0 Å². The molecule has 0 bridgehead atoms. The molecule has 0 aliphatic carbocycles. The van der Waals surface area contributed by atoms with Crippen LogP contribution in [0.15, 0.2) is 41.5 Å². The van der Waals surface area contributed by atoms with Crippen molar-refractivity contribution in [2.75, 3.05) is 0 Å². The largest absolute Gasteiger partial charge is 0.380 e. The van der Waals surface area contributed by atoms with Gasteiger partial charge in [0.05, 0.1) is 12.7 Å². The first-order valence-electron chi connectivity index (χ1n) is 5.94.